The smallest absolute Gasteiger partial charge is 0.324 e. The molecule has 0 amide bonds. The van der Waals surface area contributed by atoms with Crippen molar-refractivity contribution in [2.75, 3.05) is 6.61 Å². The molecule has 0 bridgehead atoms. The van der Waals surface area contributed by atoms with Crippen LogP contribution in [0.2, 0.25) is 0 Å². The Kier molecular flexibility index (Phi) is 2.93. The van der Waals surface area contributed by atoms with Crippen LogP contribution in [0.25, 0.3) is 0 Å². The van der Waals surface area contributed by atoms with Crippen LogP contribution in [0.3, 0.4) is 0 Å². The molecular formula is C11H16NO3P. The van der Waals surface area contributed by atoms with Gasteiger partial charge >= 0.3 is 7.60 Å². The third kappa shape index (κ3) is 2.36. The van der Waals surface area contributed by atoms with Crippen molar-refractivity contribution in [3.8, 4) is 0 Å². The van der Waals surface area contributed by atoms with E-state index in [9.17, 15) is 9.46 Å². The number of rotatable bonds is 1. The molecule has 1 aromatic rings. The van der Waals surface area contributed by atoms with Gasteiger partial charge in [0.25, 0.3) is 0 Å². The summed E-state index contributed by atoms with van der Waals surface area (Å²) in [5.74, 6) is 0. The van der Waals surface area contributed by atoms with E-state index in [1.165, 1.54) is 0 Å². The van der Waals surface area contributed by atoms with Gasteiger partial charge in [-0.3, -0.25) is 4.57 Å². The molecule has 2 rings (SSSR count). The molecule has 0 aromatic heterocycles. The molecule has 3 atom stereocenters. The zero-order chi connectivity index (χ0) is 11.8. The van der Waals surface area contributed by atoms with Gasteiger partial charge in [-0.1, -0.05) is 30.3 Å². The minimum Gasteiger partial charge on any atom is -0.324 e. The van der Waals surface area contributed by atoms with Gasteiger partial charge in [-0.2, -0.15) is 0 Å². The molecule has 88 valence electrons. The Hall–Kier alpha value is -0.670. The fourth-order valence-electron chi connectivity index (χ4n) is 1.93. The highest BCUT2D eigenvalue weighted by molar-refractivity contribution is 7.53. The molecule has 1 aliphatic heterocycles. The second kappa shape index (κ2) is 3.97. The minimum atomic E-state index is -3.58. The SMILES string of the molecule is C[C@@]1(N)COP(=O)(O)[C@H](c2ccccc2)C1. The van der Waals surface area contributed by atoms with Gasteiger partial charge < -0.3 is 15.2 Å². The maximum atomic E-state index is 11.9. The zero-order valence-corrected chi connectivity index (χ0v) is 10.1. The van der Waals surface area contributed by atoms with E-state index < -0.39 is 18.8 Å². The van der Waals surface area contributed by atoms with E-state index >= 15 is 0 Å². The predicted octanol–water partition coefficient (Wildman–Crippen LogP) is 2.05. The summed E-state index contributed by atoms with van der Waals surface area (Å²) in [5.41, 5.74) is 5.72. The molecule has 1 saturated heterocycles. The lowest BCUT2D eigenvalue weighted by molar-refractivity contribution is 0.155. The highest BCUT2D eigenvalue weighted by Gasteiger charge is 2.44. The summed E-state index contributed by atoms with van der Waals surface area (Å²) in [6, 6.07) is 9.23. The van der Waals surface area contributed by atoms with Crippen LogP contribution in [-0.2, 0) is 9.09 Å². The van der Waals surface area contributed by atoms with Crippen LogP contribution >= 0.6 is 7.60 Å². The molecule has 1 fully saturated rings. The average molecular weight is 241 g/mol. The lowest BCUT2D eigenvalue weighted by Crippen LogP contribution is -2.45. The molecule has 1 aromatic carbocycles. The Balaban J connectivity index is 2.34. The van der Waals surface area contributed by atoms with Crippen molar-refractivity contribution in [2.24, 2.45) is 5.73 Å². The first-order valence-corrected chi connectivity index (χ1v) is 6.86. The van der Waals surface area contributed by atoms with Gasteiger partial charge in [-0.05, 0) is 18.9 Å². The highest BCUT2D eigenvalue weighted by atomic mass is 31.2. The van der Waals surface area contributed by atoms with Gasteiger partial charge in [-0.25, -0.2) is 0 Å². The number of hydrogen-bond acceptors (Lipinski definition) is 3. The summed E-state index contributed by atoms with van der Waals surface area (Å²) in [6.45, 7) is 1.96. The molecule has 1 heterocycles. The largest absolute Gasteiger partial charge is 0.335 e. The molecular weight excluding hydrogens is 225 g/mol. The first-order valence-electron chi connectivity index (χ1n) is 5.22. The van der Waals surface area contributed by atoms with E-state index in [0.29, 0.717) is 6.42 Å². The maximum absolute atomic E-state index is 11.9. The van der Waals surface area contributed by atoms with Gasteiger partial charge in [0.05, 0.1) is 12.3 Å². The monoisotopic (exact) mass is 241 g/mol. The third-order valence-corrected chi connectivity index (χ3v) is 4.58. The highest BCUT2D eigenvalue weighted by Crippen LogP contribution is 2.62. The molecule has 1 unspecified atom stereocenters. The quantitative estimate of drug-likeness (QED) is 0.738. The summed E-state index contributed by atoms with van der Waals surface area (Å²) < 4.78 is 17.0. The number of benzene rings is 1. The molecule has 5 heteroatoms. The van der Waals surface area contributed by atoms with Crippen LogP contribution < -0.4 is 5.73 Å². The van der Waals surface area contributed by atoms with E-state index in [1.54, 1.807) is 0 Å². The van der Waals surface area contributed by atoms with E-state index in [2.05, 4.69) is 0 Å². The van der Waals surface area contributed by atoms with E-state index in [-0.39, 0.29) is 6.61 Å². The van der Waals surface area contributed by atoms with Gasteiger partial charge in [0.2, 0.25) is 0 Å². The Labute approximate surface area is 95.0 Å². The second-order valence-electron chi connectivity index (χ2n) is 4.62. The van der Waals surface area contributed by atoms with Crippen molar-refractivity contribution >= 4 is 7.60 Å². The summed E-state index contributed by atoms with van der Waals surface area (Å²) in [5, 5.41) is 0. The standard InChI is InChI=1S/C11H16NO3P/c1-11(12)7-10(16(13,14)15-8-11)9-5-3-2-4-6-9/h2-6,10H,7-8,12H2,1H3,(H,13,14)/t10-,11-/m0/s1. The first-order chi connectivity index (χ1) is 7.41. The Morgan fingerprint density at radius 1 is 1.50 bits per heavy atom. The topological polar surface area (TPSA) is 72.5 Å². The van der Waals surface area contributed by atoms with Gasteiger partial charge in [0.1, 0.15) is 0 Å². The van der Waals surface area contributed by atoms with Crippen LogP contribution in [0, 0.1) is 0 Å². The van der Waals surface area contributed by atoms with E-state index in [1.807, 2.05) is 37.3 Å². The lowest BCUT2D eigenvalue weighted by atomic mass is 9.94. The Bertz CT molecular complexity index is 418. The normalized spacial score (nSPS) is 39.6. The summed E-state index contributed by atoms with van der Waals surface area (Å²) in [6.07, 6.45) is 0.463. The van der Waals surface area contributed by atoms with Crippen LogP contribution in [-0.4, -0.2) is 17.0 Å². The van der Waals surface area contributed by atoms with Crippen LogP contribution in [0.1, 0.15) is 24.6 Å². The van der Waals surface area contributed by atoms with Crippen molar-refractivity contribution in [2.45, 2.75) is 24.5 Å². The van der Waals surface area contributed by atoms with Crippen molar-refractivity contribution in [3.05, 3.63) is 35.9 Å². The van der Waals surface area contributed by atoms with E-state index in [4.69, 9.17) is 10.3 Å². The zero-order valence-electron chi connectivity index (χ0n) is 9.17. The Morgan fingerprint density at radius 3 is 2.75 bits per heavy atom. The molecule has 3 N–H and O–H groups in total. The van der Waals surface area contributed by atoms with Crippen LogP contribution in [0.15, 0.2) is 30.3 Å². The van der Waals surface area contributed by atoms with Gasteiger partial charge in [0, 0.05) is 5.54 Å². The Morgan fingerprint density at radius 2 is 2.12 bits per heavy atom. The van der Waals surface area contributed by atoms with Gasteiger partial charge in [-0.15, -0.1) is 0 Å². The summed E-state index contributed by atoms with van der Waals surface area (Å²) in [4.78, 5) is 9.80. The number of nitrogens with two attached hydrogens (primary N) is 1. The van der Waals surface area contributed by atoms with Gasteiger partial charge in [0.15, 0.2) is 0 Å². The maximum Gasteiger partial charge on any atom is 0.335 e. The minimum absolute atomic E-state index is 0.129. The average Bonchev–Trinajstić information content (AvgIpc) is 2.24. The lowest BCUT2D eigenvalue weighted by Gasteiger charge is -2.37. The molecule has 0 radical (unpaired) electrons. The fourth-order valence-corrected chi connectivity index (χ4v) is 3.78. The number of hydrogen-bond donors (Lipinski definition) is 2. The van der Waals surface area contributed by atoms with Crippen molar-refractivity contribution in [1.29, 1.82) is 0 Å². The summed E-state index contributed by atoms with van der Waals surface area (Å²) >= 11 is 0. The summed E-state index contributed by atoms with van der Waals surface area (Å²) in [7, 11) is -3.58. The molecule has 0 spiro atoms. The molecule has 0 aliphatic carbocycles. The van der Waals surface area contributed by atoms with Crippen LogP contribution in [0.5, 0.6) is 0 Å². The molecule has 4 nitrogen and oxygen atoms in total. The van der Waals surface area contributed by atoms with Crippen molar-refractivity contribution in [3.63, 3.8) is 0 Å². The fraction of sp³-hybridized carbons (Fsp3) is 0.455. The predicted molar refractivity (Wildman–Crippen MR) is 62.2 cm³/mol. The molecule has 16 heavy (non-hydrogen) atoms. The van der Waals surface area contributed by atoms with Crippen LogP contribution in [0.4, 0.5) is 0 Å². The molecule has 1 aliphatic rings. The van der Waals surface area contributed by atoms with E-state index in [0.717, 1.165) is 5.56 Å². The first kappa shape index (κ1) is 11.8. The third-order valence-electron chi connectivity index (χ3n) is 2.82. The van der Waals surface area contributed by atoms with Crippen molar-refractivity contribution < 1.29 is 14.0 Å². The van der Waals surface area contributed by atoms with Crippen molar-refractivity contribution in [1.82, 2.24) is 0 Å². The second-order valence-corrected chi connectivity index (χ2v) is 6.63. The molecule has 0 saturated carbocycles.